The van der Waals surface area contributed by atoms with Crippen molar-refractivity contribution in [2.24, 2.45) is 0 Å². The largest absolute Gasteiger partial charge is 0.497 e. The van der Waals surface area contributed by atoms with Crippen LogP contribution in [0.5, 0.6) is 11.5 Å². The maximum Gasteiger partial charge on any atom is 0.272 e. The van der Waals surface area contributed by atoms with Gasteiger partial charge in [-0.1, -0.05) is 23.8 Å². The van der Waals surface area contributed by atoms with Gasteiger partial charge in [-0.3, -0.25) is 9.78 Å². The van der Waals surface area contributed by atoms with Crippen molar-refractivity contribution in [3.05, 3.63) is 89.9 Å². The lowest BCUT2D eigenvalue weighted by atomic mass is 10.1. The number of rotatable bonds is 9. The molecule has 182 valence electrons. The van der Waals surface area contributed by atoms with Gasteiger partial charge in [0.2, 0.25) is 0 Å². The Bertz CT molecular complexity index is 1370. The molecule has 2 aromatic carbocycles. The lowest BCUT2D eigenvalue weighted by Crippen LogP contribution is -2.33. The Hall–Kier alpha value is -4.64. The van der Waals surface area contributed by atoms with Gasteiger partial charge in [0.1, 0.15) is 17.2 Å². The van der Waals surface area contributed by atoms with Crippen molar-refractivity contribution in [2.45, 2.75) is 19.9 Å². The van der Waals surface area contributed by atoms with E-state index in [-0.39, 0.29) is 18.9 Å². The van der Waals surface area contributed by atoms with Crippen molar-refractivity contribution in [2.75, 3.05) is 20.8 Å². The van der Waals surface area contributed by atoms with Gasteiger partial charge in [0.15, 0.2) is 0 Å². The Kier molecular flexibility index (Phi) is 7.61. The lowest BCUT2D eigenvalue weighted by Gasteiger charge is -2.22. The predicted octanol–water partition coefficient (Wildman–Crippen LogP) is 4.82. The minimum Gasteiger partial charge on any atom is -0.497 e. The second kappa shape index (κ2) is 11.2. The molecule has 0 saturated heterocycles. The number of amides is 1. The number of hydrogen-bond donors (Lipinski definition) is 0. The number of aromatic nitrogens is 3. The van der Waals surface area contributed by atoms with Crippen LogP contribution in [0.3, 0.4) is 0 Å². The highest BCUT2D eigenvalue weighted by molar-refractivity contribution is 5.94. The SMILES string of the molecule is COc1ccc(-c2cc(C(=O)N(CCC#N)Cc3cccnc3)n(-c3ccc(C)cc3)n2)c(OC)c1. The molecule has 0 unspecified atom stereocenters. The maximum absolute atomic E-state index is 13.9. The number of nitriles is 1. The molecule has 36 heavy (non-hydrogen) atoms. The smallest absolute Gasteiger partial charge is 0.272 e. The van der Waals surface area contributed by atoms with Crippen molar-refractivity contribution < 1.29 is 14.3 Å². The number of methoxy groups -OCH3 is 2. The molecular formula is C28H27N5O3. The molecule has 0 saturated carbocycles. The highest BCUT2D eigenvalue weighted by Gasteiger charge is 2.24. The topological polar surface area (TPSA) is 93.3 Å². The molecular weight excluding hydrogens is 454 g/mol. The first-order valence-corrected chi connectivity index (χ1v) is 11.5. The first-order valence-electron chi connectivity index (χ1n) is 11.5. The van der Waals surface area contributed by atoms with E-state index in [4.69, 9.17) is 14.6 Å². The Morgan fingerprint density at radius 1 is 1.08 bits per heavy atom. The maximum atomic E-state index is 13.9. The summed E-state index contributed by atoms with van der Waals surface area (Å²) >= 11 is 0. The summed E-state index contributed by atoms with van der Waals surface area (Å²) in [5.74, 6) is 1.00. The second-order valence-electron chi connectivity index (χ2n) is 8.22. The number of carbonyl (C=O) groups excluding carboxylic acids is 1. The van der Waals surface area contributed by atoms with Crippen LogP contribution in [-0.2, 0) is 6.54 Å². The van der Waals surface area contributed by atoms with Crippen LogP contribution < -0.4 is 9.47 Å². The van der Waals surface area contributed by atoms with E-state index >= 15 is 0 Å². The van der Waals surface area contributed by atoms with Crippen LogP contribution in [0.25, 0.3) is 16.9 Å². The predicted molar refractivity (Wildman–Crippen MR) is 136 cm³/mol. The Morgan fingerprint density at radius 2 is 1.89 bits per heavy atom. The summed E-state index contributed by atoms with van der Waals surface area (Å²) in [5.41, 5.74) is 4.43. The summed E-state index contributed by atoms with van der Waals surface area (Å²) < 4.78 is 12.6. The average molecular weight is 482 g/mol. The van der Waals surface area contributed by atoms with Crippen molar-refractivity contribution in [3.8, 4) is 34.5 Å². The van der Waals surface area contributed by atoms with Crippen molar-refractivity contribution in [1.82, 2.24) is 19.7 Å². The molecule has 0 aliphatic carbocycles. The summed E-state index contributed by atoms with van der Waals surface area (Å²) in [6.45, 7) is 2.61. The Balaban J connectivity index is 1.81. The monoisotopic (exact) mass is 481 g/mol. The molecule has 4 rings (SSSR count). The minimum absolute atomic E-state index is 0.212. The van der Waals surface area contributed by atoms with Gasteiger partial charge in [-0.25, -0.2) is 4.68 Å². The van der Waals surface area contributed by atoms with Crippen LogP contribution in [-0.4, -0.2) is 46.3 Å². The zero-order chi connectivity index (χ0) is 25.5. The number of nitrogens with zero attached hydrogens (tertiary/aromatic N) is 5. The molecule has 1 amide bonds. The number of ether oxygens (including phenoxy) is 2. The molecule has 8 heteroatoms. The van der Waals surface area contributed by atoms with Crippen LogP contribution in [0, 0.1) is 18.3 Å². The standard InChI is InChI=1S/C28H27N5O3/c1-20-7-9-22(10-8-20)33-26(17-25(31-33)24-12-11-23(35-2)16-27(24)36-3)28(34)32(15-5-13-29)19-21-6-4-14-30-18-21/h4,6-12,14,16-18H,5,15,19H2,1-3H3. The van der Waals surface area contributed by atoms with Gasteiger partial charge in [-0.2, -0.15) is 10.4 Å². The number of aryl methyl sites for hydroxylation is 1. The fourth-order valence-electron chi connectivity index (χ4n) is 3.87. The fraction of sp³-hybridized carbons (Fsp3) is 0.214. The zero-order valence-corrected chi connectivity index (χ0v) is 20.5. The summed E-state index contributed by atoms with van der Waals surface area (Å²) in [5, 5.41) is 14.0. The zero-order valence-electron chi connectivity index (χ0n) is 20.5. The molecule has 0 radical (unpaired) electrons. The molecule has 8 nitrogen and oxygen atoms in total. The number of benzene rings is 2. The van der Waals surface area contributed by atoms with Crippen molar-refractivity contribution in [3.63, 3.8) is 0 Å². The van der Waals surface area contributed by atoms with Crippen LogP contribution in [0.1, 0.15) is 28.0 Å². The fourth-order valence-corrected chi connectivity index (χ4v) is 3.87. The number of hydrogen-bond acceptors (Lipinski definition) is 6. The van der Waals surface area contributed by atoms with E-state index in [0.717, 1.165) is 22.4 Å². The van der Waals surface area contributed by atoms with Gasteiger partial charge < -0.3 is 14.4 Å². The van der Waals surface area contributed by atoms with Gasteiger partial charge in [0.25, 0.3) is 5.91 Å². The second-order valence-corrected chi connectivity index (χ2v) is 8.22. The van der Waals surface area contributed by atoms with E-state index in [1.54, 1.807) is 48.3 Å². The van der Waals surface area contributed by atoms with Crippen LogP contribution in [0.4, 0.5) is 0 Å². The van der Waals surface area contributed by atoms with Gasteiger partial charge in [-0.05, 0) is 48.9 Å². The van der Waals surface area contributed by atoms with Gasteiger partial charge >= 0.3 is 0 Å². The molecule has 2 heterocycles. The molecule has 0 spiro atoms. The summed E-state index contributed by atoms with van der Waals surface area (Å²) in [6, 6.07) is 20.9. The molecule has 0 atom stereocenters. The third-order valence-corrected chi connectivity index (χ3v) is 5.77. The highest BCUT2D eigenvalue weighted by Crippen LogP contribution is 2.34. The van der Waals surface area contributed by atoms with Crippen molar-refractivity contribution in [1.29, 1.82) is 5.26 Å². The summed E-state index contributed by atoms with van der Waals surface area (Å²) in [6.07, 6.45) is 3.62. The van der Waals surface area contributed by atoms with E-state index in [9.17, 15) is 10.1 Å². The number of pyridine rings is 1. The van der Waals surface area contributed by atoms with E-state index in [1.807, 2.05) is 55.5 Å². The molecule has 2 aromatic heterocycles. The minimum atomic E-state index is -0.235. The van der Waals surface area contributed by atoms with Crippen LogP contribution in [0.15, 0.2) is 73.1 Å². The quantitative estimate of drug-likeness (QED) is 0.340. The summed E-state index contributed by atoms with van der Waals surface area (Å²) in [4.78, 5) is 19.7. The van der Waals surface area contributed by atoms with Gasteiger partial charge in [0, 0.05) is 37.1 Å². The third kappa shape index (κ3) is 5.36. The molecule has 0 aliphatic rings. The molecule has 4 aromatic rings. The number of carbonyl (C=O) groups is 1. The van der Waals surface area contributed by atoms with Crippen molar-refractivity contribution >= 4 is 5.91 Å². The normalized spacial score (nSPS) is 10.5. The highest BCUT2D eigenvalue weighted by atomic mass is 16.5. The first kappa shape index (κ1) is 24.5. The van der Waals surface area contributed by atoms with Crippen LogP contribution >= 0.6 is 0 Å². The third-order valence-electron chi connectivity index (χ3n) is 5.77. The molecule has 0 fully saturated rings. The van der Waals surface area contributed by atoms with Gasteiger partial charge in [-0.15, -0.1) is 0 Å². The molecule has 0 aliphatic heterocycles. The Morgan fingerprint density at radius 3 is 2.56 bits per heavy atom. The van der Waals surface area contributed by atoms with E-state index in [1.165, 1.54) is 0 Å². The first-order chi connectivity index (χ1) is 17.5. The van der Waals surface area contributed by atoms with E-state index in [2.05, 4.69) is 11.1 Å². The molecule has 0 bridgehead atoms. The van der Waals surface area contributed by atoms with Gasteiger partial charge in [0.05, 0.1) is 38.1 Å². The van der Waals surface area contributed by atoms with E-state index in [0.29, 0.717) is 29.4 Å². The Labute approximate surface area is 210 Å². The molecule has 0 N–H and O–H groups in total. The lowest BCUT2D eigenvalue weighted by molar-refractivity contribution is 0.0737. The average Bonchev–Trinajstić information content (AvgIpc) is 3.36. The summed E-state index contributed by atoms with van der Waals surface area (Å²) in [7, 11) is 3.17. The van der Waals surface area contributed by atoms with Crippen LogP contribution in [0.2, 0.25) is 0 Å². The van der Waals surface area contributed by atoms with E-state index < -0.39 is 0 Å².